The van der Waals surface area contributed by atoms with Crippen molar-refractivity contribution in [2.75, 3.05) is 132 Å². The molecule has 7 fully saturated rings. The SMILES string of the molecule is NCC1CCN(c2c(N)cc(-c3cccc(Cl)c3Cl)nc2CO)C1.NCC1CCN(c2c(N)cc(-c3cccc(Cl)c3Cl)nc2CO)CC1.Nc1cc(-c2cccc(Cl)c2Cl)nc(CO)c1N1CCC(C(N)C2CC2)CC1.Nc1cc(-c2cccc(Cl)c2Cl)nc(CO)c1N1CCC(C2(N)CC2)CC1.Nc1cc(-c2cccc(Cl)c2Cl)nc(CO)c1N1CCC(N)C1. The van der Waals surface area contributed by atoms with E-state index in [0.29, 0.717) is 213 Å². The minimum absolute atomic E-state index is 0.0584. The zero-order valence-corrected chi connectivity index (χ0v) is 77.9. The Bertz CT molecular complexity index is 5530. The van der Waals surface area contributed by atoms with Crippen molar-refractivity contribution < 1.29 is 25.5 Å². The number of nitrogens with zero attached hydrogens (tertiary/aromatic N) is 10. The largest absolute Gasteiger partial charge is 0.397 e. The van der Waals surface area contributed by atoms with Crippen molar-refractivity contribution in [2.24, 2.45) is 58.3 Å². The van der Waals surface area contributed by atoms with Gasteiger partial charge in [0.1, 0.15) is 0 Å². The summed E-state index contributed by atoms with van der Waals surface area (Å²) in [5.41, 5.74) is 78.1. The van der Waals surface area contributed by atoms with Gasteiger partial charge < -0.3 is 107 Å². The summed E-state index contributed by atoms with van der Waals surface area (Å²) in [7, 11) is 0. The predicted molar refractivity (Wildman–Crippen MR) is 525 cm³/mol. The van der Waals surface area contributed by atoms with E-state index in [1.54, 1.807) is 60.7 Å². The quantitative estimate of drug-likeness (QED) is 0.0337. The Morgan fingerprint density at radius 1 is 0.339 bits per heavy atom. The van der Waals surface area contributed by atoms with Gasteiger partial charge in [-0.15, -0.1) is 0 Å². The molecule has 5 aromatic heterocycles. The molecule has 3 atom stereocenters. The van der Waals surface area contributed by atoms with Crippen molar-refractivity contribution in [1.82, 2.24) is 24.9 Å². The number of piperidine rings is 3. The molecule has 17 rings (SSSR count). The van der Waals surface area contributed by atoms with Gasteiger partial charge in [0.15, 0.2) is 0 Å². The monoisotopic (exact) mass is 1920 g/mol. The molecule has 25 nitrogen and oxygen atoms in total. The van der Waals surface area contributed by atoms with Crippen LogP contribution in [0, 0.1) is 29.6 Å². The molecule has 7 aliphatic rings. The van der Waals surface area contributed by atoms with Crippen molar-refractivity contribution in [3.05, 3.63) is 200 Å². The normalized spacial score (nSPS) is 17.9. The number of anilines is 10. The maximum atomic E-state index is 9.97. The van der Waals surface area contributed by atoms with Crippen LogP contribution >= 0.6 is 116 Å². The van der Waals surface area contributed by atoms with E-state index in [9.17, 15) is 25.5 Å². The molecule has 10 heterocycles. The average molecular weight is 1930 g/mol. The third-order valence-electron chi connectivity index (χ3n) is 25.1. The number of halogens is 10. The van der Waals surface area contributed by atoms with E-state index in [0.717, 1.165) is 157 Å². The first-order chi connectivity index (χ1) is 61.0. The number of aliphatic hydroxyl groups excluding tert-OH is 5. The van der Waals surface area contributed by atoms with E-state index in [-0.39, 0.29) is 44.6 Å². The number of pyridine rings is 5. The standard InChI is InChI=1S/C21H26Cl2N4O.C20H24Cl2N4O.C18H22Cl2N4O.C17H20Cl2N4O.C16H18Cl2N4O/c22-15-3-1-2-14(19(15)23)17-10-16(24)21(18(11-28)26-17)27-8-6-13(7-9-27)20(25)12-4-5-12;21-14-3-1-2-13(18(14)22)16-10-15(23)19(17(11-27)25-16)26-8-4-12(5-9-26)20(24)6-7-20;19-13-3-1-2-12(17(13)20)15-8-14(22)18(16(10-25)23-15)24-6-4-11(9-21)5-7-24;18-12-3-1-2-11(16(12)19)14-6-13(21)17(15(9-24)22-14)23-5-4-10(7-20)8-23;17-11-3-1-2-10(15(11)18)13-6-12(20)16(14(8-23)21-13)22-5-4-9(19)7-22/h1-3,10,12-13,20,28H,4-9,11,25H2,(H2,24,26);1-3,10,12,27H,4-9,11,24H2,(H2,23,25);1-3,8,11,25H,4-7,9-10,21H2,(H2,22,23);1-3,6,10,24H,4-5,7-9,20H2,(H2,21,22);1-3,6,9,23H,4-5,7-8,19H2,(H2,20,21). The summed E-state index contributed by atoms with van der Waals surface area (Å²) >= 11 is 62.0. The Morgan fingerprint density at radius 2 is 0.591 bits per heavy atom. The van der Waals surface area contributed by atoms with Crippen LogP contribution in [-0.2, 0) is 33.0 Å². The first-order valence-corrected chi connectivity index (χ1v) is 46.5. The van der Waals surface area contributed by atoms with Gasteiger partial charge in [-0.1, -0.05) is 177 Å². The molecule has 127 heavy (non-hydrogen) atoms. The molecular weight excluding hydrogens is 1820 g/mol. The summed E-state index contributed by atoms with van der Waals surface area (Å²) in [4.78, 5) is 33.9. The second kappa shape index (κ2) is 43.6. The van der Waals surface area contributed by atoms with E-state index in [1.807, 2.05) is 60.7 Å². The van der Waals surface area contributed by atoms with Crippen LogP contribution in [0.3, 0.4) is 0 Å². The summed E-state index contributed by atoms with van der Waals surface area (Å²) in [5.74, 6) is 2.86. The van der Waals surface area contributed by atoms with Crippen LogP contribution in [0.5, 0.6) is 0 Å². The molecule has 2 aliphatic carbocycles. The molecule has 678 valence electrons. The molecule has 3 unspecified atom stereocenters. The van der Waals surface area contributed by atoms with Gasteiger partial charge in [-0.05, 0) is 180 Å². The van der Waals surface area contributed by atoms with E-state index in [1.165, 1.54) is 12.8 Å². The van der Waals surface area contributed by atoms with Crippen LogP contribution in [-0.4, -0.2) is 147 Å². The Hall–Kier alpha value is -7.65. The van der Waals surface area contributed by atoms with Gasteiger partial charge in [0.25, 0.3) is 0 Å². The molecule has 0 bridgehead atoms. The molecule has 2 saturated carbocycles. The highest BCUT2D eigenvalue weighted by molar-refractivity contribution is 6.46. The van der Waals surface area contributed by atoms with Crippen LogP contribution in [0.1, 0.15) is 106 Å². The second-order valence-electron chi connectivity index (χ2n) is 33.5. The lowest BCUT2D eigenvalue weighted by atomic mass is 9.87. The molecular formula is C92H110Cl10N20O5. The summed E-state index contributed by atoms with van der Waals surface area (Å²) in [5, 5.41) is 53.7. The van der Waals surface area contributed by atoms with E-state index in [4.69, 9.17) is 173 Å². The first-order valence-electron chi connectivity index (χ1n) is 42.7. The first kappa shape index (κ1) is 96.9. The summed E-state index contributed by atoms with van der Waals surface area (Å²) in [6, 6.07) is 36.2. The molecule has 35 heteroatoms. The Labute approximate surface area is 791 Å². The number of aromatic nitrogens is 5. The Morgan fingerprint density at radius 3 is 0.850 bits per heavy atom. The molecule has 25 N–H and O–H groups in total. The lowest BCUT2D eigenvalue weighted by molar-refractivity contribution is 0.275. The average Bonchev–Trinajstić information content (AvgIpc) is 1.76. The number of hydrogen-bond acceptors (Lipinski definition) is 25. The topological polar surface area (TPSA) is 442 Å². The van der Waals surface area contributed by atoms with Gasteiger partial charge in [0.05, 0.1) is 197 Å². The Kier molecular flexibility index (Phi) is 33.3. The second-order valence-corrected chi connectivity index (χ2v) is 37.4. The molecule has 0 radical (unpaired) electrons. The molecule has 5 aliphatic heterocycles. The van der Waals surface area contributed by atoms with Crippen LogP contribution in [0.2, 0.25) is 50.2 Å². The summed E-state index contributed by atoms with van der Waals surface area (Å²) in [6.45, 7) is 8.79. The van der Waals surface area contributed by atoms with Gasteiger partial charge in [-0.3, -0.25) is 0 Å². The lowest BCUT2D eigenvalue weighted by Gasteiger charge is -2.37. The zero-order chi connectivity index (χ0) is 90.8. The molecule has 10 aromatic rings. The lowest BCUT2D eigenvalue weighted by Crippen LogP contribution is -2.43. The number of aliphatic hydroxyl groups is 5. The van der Waals surface area contributed by atoms with E-state index in [2.05, 4.69) is 49.4 Å². The molecule has 5 saturated heterocycles. The smallest absolute Gasteiger partial charge is 0.0919 e. The van der Waals surface area contributed by atoms with Crippen molar-refractivity contribution >= 4 is 173 Å². The summed E-state index contributed by atoms with van der Waals surface area (Å²) < 4.78 is 0. The molecule has 0 spiro atoms. The van der Waals surface area contributed by atoms with Gasteiger partial charge in [-0.25, -0.2) is 24.9 Å². The Balaban J connectivity index is 0.000000136. The highest BCUT2D eigenvalue weighted by Gasteiger charge is 2.47. The molecule has 5 aromatic carbocycles. The minimum atomic E-state index is -0.211. The van der Waals surface area contributed by atoms with Gasteiger partial charge in [-0.2, -0.15) is 0 Å². The summed E-state index contributed by atoms with van der Waals surface area (Å²) in [6.07, 6.45) is 13.0. The third-order valence-corrected chi connectivity index (χ3v) is 29.2. The number of rotatable bonds is 20. The van der Waals surface area contributed by atoms with Crippen molar-refractivity contribution in [2.45, 2.75) is 128 Å². The fourth-order valence-electron chi connectivity index (χ4n) is 17.9. The van der Waals surface area contributed by atoms with Crippen molar-refractivity contribution in [1.29, 1.82) is 0 Å². The predicted octanol–water partition coefficient (Wildman–Crippen LogP) is 16.8. The number of benzene rings is 5. The van der Waals surface area contributed by atoms with Gasteiger partial charge >= 0.3 is 0 Å². The van der Waals surface area contributed by atoms with Crippen molar-refractivity contribution in [3.63, 3.8) is 0 Å². The zero-order valence-electron chi connectivity index (χ0n) is 70.4. The van der Waals surface area contributed by atoms with E-state index >= 15 is 0 Å². The van der Waals surface area contributed by atoms with Crippen LogP contribution in [0.4, 0.5) is 56.9 Å². The third kappa shape index (κ3) is 22.6. The minimum Gasteiger partial charge on any atom is -0.397 e. The fourth-order valence-corrected chi connectivity index (χ4v) is 19.8. The van der Waals surface area contributed by atoms with Gasteiger partial charge in [0, 0.05) is 111 Å². The van der Waals surface area contributed by atoms with Gasteiger partial charge in [0.2, 0.25) is 0 Å². The number of nitrogen functional groups attached to an aromatic ring is 5. The van der Waals surface area contributed by atoms with Crippen LogP contribution < -0.4 is 81.8 Å². The van der Waals surface area contributed by atoms with Crippen LogP contribution in [0.25, 0.3) is 56.3 Å². The maximum Gasteiger partial charge on any atom is 0.0919 e. The number of nitrogens with two attached hydrogens (primary N) is 10. The van der Waals surface area contributed by atoms with Crippen molar-refractivity contribution in [3.8, 4) is 56.3 Å². The van der Waals surface area contributed by atoms with Crippen LogP contribution in [0.15, 0.2) is 121 Å². The highest BCUT2D eigenvalue weighted by atomic mass is 35.5. The maximum absolute atomic E-state index is 9.97. The fraction of sp³-hybridized carbons (Fsp3) is 0.402. The molecule has 0 amide bonds. The number of hydrogen-bond donors (Lipinski definition) is 15. The van der Waals surface area contributed by atoms with E-state index < -0.39 is 0 Å². The highest BCUT2D eigenvalue weighted by Crippen LogP contribution is 2.49.